The number of hydrogen-bond donors (Lipinski definition) is 0. The average molecular weight is 903 g/mol. The topological polar surface area (TPSA) is 6.48 Å². The molecule has 2 heterocycles. The van der Waals surface area contributed by atoms with E-state index in [-0.39, 0.29) is 0 Å². The molecule has 0 unspecified atom stereocenters. The Kier molecular flexibility index (Phi) is 9.17. The third kappa shape index (κ3) is 6.14. The van der Waals surface area contributed by atoms with Crippen LogP contribution in [0.4, 0.5) is 34.1 Å². The lowest BCUT2D eigenvalue weighted by Gasteiger charge is -2.41. The van der Waals surface area contributed by atoms with Gasteiger partial charge in [0, 0.05) is 34.1 Å². The monoisotopic (exact) mass is 902 g/mol. The molecule has 0 amide bonds. The molecule has 0 radical (unpaired) electrons. The summed E-state index contributed by atoms with van der Waals surface area (Å²) in [5.74, 6) is 0. The average Bonchev–Trinajstić information content (AvgIpc) is 3.38. The van der Waals surface area contributed by atoms with Crippen molar-refractivity contribution in [2.24, 2.45) is 0 Å². The van der Waals surface area contributed by atoms with Crippen LogP contribution in [0.3, 0.4) is 0 Å². The first-order valence-electron chi connectivity index (χ1n) is 23.9. The van der Waals surface area contributed by atoms with Crippen molar-refractivity contribution in [1.82, 2.24) is 0 Å². The highest BCUT2D eigenvalue weighted by molar-refractivity contribution is 7.03. The molecule has 2 aliphatic rings. The van der Waals surface area contributed by atoms with Crippen molar-refractivity contribution >= 4 is 103 Å². The van der Waals surface area contributed by atoms with Crippen molar-refractivity contribution in [1.29, 1.82) is 0 Å². The smallest absolute Gasteiger partial charge is 0.117 e. The normalized spacial score (nSPS) is 14.4. The van der Waals surface area contributed by atoms with Crippen molar-refractivity contribution in [2.45, 2.75) is 26.2 Å². The molecule has 11 aromatic carbocycles. The van der Waals surface area contributed by atoms with Gasteiger partial charge in [-0.2, -0.15) is 0 Å². The summed E-state index contributed by atoms with van der Waals surface area (Å²) in [5.41, 5.74) is 14.8. The lowest BCUT2D eigenvalue weighted by molar-refractivity contribution is 1.29. The van der Waals surface area contributed by atoms with Crippen LogP contribution in [0.15, 0.2) is 231 Å². The van der Waals surface area contributed by atoms with Gasteiger partial charge in [0.05, 0.1) is 0 Å². The molecule has 0 spiro atoms. The number of rotatable bonds is 5. The largest absolute Gasteiger partial charge is 0.311 e. The van der Waals surface area contributed by atoms with E-state index in [2.05, 4.69) is 267 Å². The van der Waals surface area contributed by atoms with Crippen molar-refractivity contribution in [3.8, 4) is 33.4 Å². The second kappa shape index (κ2) is 15.4. The van der Waals surface area contributed by atoms with Crippen LogP contribution < -0.4 is 30.5 Å². The molecule has 0 N–H and O–H groups in total. The Morgan fingerprint density at radius 1 is 0.265 bits per heavy atom. The van der Waals surface area contributed by atoms with E-state index in [1.807, 2.05) is 0 Å². The van der Waals surface area contributed by atoms with Gasteiger partial charge in [-0.25, -0.2) is 0 Å². The quantitative estimate of drug-likeness (QED) is 0.125. The molecule has 0 bridgehead atoms. The van der Waals surface area contributed by atoms with Crippen LogP contribution >= 0.6 is 0 Å². The van der Waals surface area contributed by atoms with E-state index in [9.17, 15) is 0 Å². The molecule has 0 saturated carbocycles. The molecule has 11 aromatic rings. The van der Waals surface area contributed by atoms with Crippen LogP contribution in [0.1, 0.15) is 0 Å². The van der Waals surface area contributed by atoms with Crippen LogP contribution in [-0.2, 0) is 0 Å². The fourth-order valence-corrected chi connectivity index (χ4v) is 17.8. The fourth-order valence-electron chi connectivity index (χ4n) is 11.8. The van der Waals surface area contributed by atoms with Crippen LogP contribution in [0.2, 0.25) is 26.2 Å². The van der Waals surface area contributed by atoms with Gasteiger partial charge in [0.25, 0.3) is 0 Å². The number of hydrogen-bond acceptors (Lipinski definition) is 2. The summed E-state index contributed by atoms with van der Waals surface area (Å²) in [6.45, 7) is 10.00. The molecule has 4 heteroatoms. The highest BCUT2D eigenvalue weighted by Gasteiger charge is 2.40. The number of nitrogens with zero attached hydrogens (tertiary/aromatic N) is 2. The van der Waals surface area contributed by atoms with E-state index in [0.717, 1.165) is 5.69 Å². The van der Waals surface area contributed by atoms with Crippen molar-refractivity contribution in [3.63, 3.8) is 0 Å². The van der Waals surface area contributed by atoms with Crippen LogP contribution in [0.5, 0.6) is 0 Å². The summed E-state index contributed by atoms with van der Waals surface area (Å²) in [6, 6.07) is 86.9. The van der Waals surface area contributed by atoms with E-state index < -0.39 is 16.1 Å². The van der Waals surface area contributed by atoms with Gasteiger partial charge < -0.3 is 9.80 Å². The summed E-state index contributed by atoms with van der Waals surface area (Å²) in [6.07, 6.45) is 0. The van der Waals surface area contributed by atoms with Gasteiger partial charge in [0.1, 0.15) is 16.1 Å². The Morgan fingerprint density at radius 3 is 1.12 bits per heavy atom. The van der Waals surface area contributed by atoms with Crippen molar-refractivity contribution in [3.05, 3.63) is 231 Å². The molecule has 0 aliphatic carbocycles. The van der Waals surface area contributed by atoms with E-state index in [0.29, 0.717) is 0 Å². The van der Waals surface area contributed by atoms with E-state index in [1.54, 1.807) is 0 Å². The fraction of sp³-hybridized carbons (Fsp3) is 0.0625. The van der Waals surface area contributed by atoms with Crippen LogP contribution in [0, 0.1) is 0 Å². The summed E-state index contributed by atoms with van der Waals surface area (Å²) in [4.78, 5) is 5.06. The Balaban J connectivity index is 1.13. The zero-order valence-electron chi connectivity index (χ0n) is 38.8. The molecule has 2 aliphatic heterocycles. The molecule has 68 heavy (non-hydrogen) atoms. The predicted octanol–water partition coefficient (Wildman–Crippen LogP) is 15.4. The molecular formula is C64H50N2Si2. The Labute approximate surface area is 401 Å². The Bertz CT molecular complexity index is 3720. The van der Waals surface area contributed by atoms with Gasteiger partial charge in [0.15, 0.2) is 0 Å². The SMILES string of the molecule is C[Si]1(C)c2ccccc2N(c2ccc3c(-c4ccc5ccccc5c4)c4cc(N5c6ccccc6[Si](C)(C)c6ccccc65)ccc4c(-c4ccc(-c5ccccc5)cc4)c3c2)c2ccccc21. The van der Waals surface area contributed by atoms with Gasteiger partial charge in [0.2, 0.25) is 0 Å². The van der Waals surface area contributed by atoms with Gasteiger partial charge in [-0.1, -0.05) is 202 Å². The zero-order valence-corrected chi connectivity index (χ0v) is 40.8. The van der Waals surface area contributed by atoms with Crippen molar-refractivity contribution < 1.29 is 0 Å². The summed E-state index contributed by atoms with van der Waals surface area (Å²) >= 11 is 0. The number of anilines is 6. The summed E-state index contributed by atoms with van der Waals surface area (Å²) < 4.78 is 0. The Morgan fingerprint density at radius 2 is 0.632 bits per heavy atom. The number of fused-ring (bicyclic) bond motifs is 7. The number of para-hydroxylation sites is 4. The Hall–Kier alpha value is -7.77. The molecule has 0 aromatic heterocycles. The van der Waals surface area contributed by atoms with Gasteiger partial charge in [-0.15, -0.1) is 0 Å². The van der Waals surface area contributed by atoms with E-state index in [1.165, 1.54) is 115 Å². The first-order chi connectivity index (χ1) is 33.3. The molecule has 13 rings (SSSR count). The van der Waals surface area contributed by atoms with E-state index >= 15 is 0 Å². The maximum absolute atomic E-state index is 2.53. The second-order valence-electron chi connectivity index (χ2n) is 19.7. The predicted molar refractivity (Wildman–Crippen MR) is 298 cm³/mol. The minimum atomic E-state index is -1.98. The minimum Gasteiger partial charge on any atom is -0.311 e. The second-order valence-corrected chi connectivity index (χ2v) is 28.4. The molecular weight excluding hydrogens is 853 g/mol. The molecule has 0 atom stereocenters. The molecule has 0 fully saturated rings. The molecule has 324 valence electrons. The summed E-state index contributed by atoms with van der Waals surface area (Å²) in [7, 11) is -3.97. The lowest BCUT2D eigenvalue weighted by atomic mass is 9.84. The summed E-state index contributed by atoms with van der Waals surface area (Å²) in [5, 5.41) is 13.3. The van der Waals surface area contributed by atoms with E-state index in [4.69, 9.17) is 0 Å². The molecule has 0 saturated heterocycles. The third-order valence-corrected chi connectivity index (χ3v) is 22.3. The molecule has 2 nitrogen and oxygen atoms in total. The third-order valence-electron chi connectivity index (χ3n) is 15.2. The van der Waals surface area contributed by atoms with Crippen LogP contribution in [0.25, 0.3) is 65.7 Å². The lowest BCUT2D eigenvalue weighted by Crippen LogP contribution is -2.58. The van der Waals surface area contributed by atoms with Gasteiger partial charge in [-0.05, 0) is 141 Å². The van der Waals surface area contributed by atoms with Crippen LogP contribution in [-0.4, -0.2) is 16.1 Å². The highest BCUT2D eigenvalue weighted by atomic mass is 28.3. The highest BCUT2D eigenvalue weighted by Crippen LogP contribution is 2.49. The van der Waals surface area contributed by atoms with Gasteiger partial charge in [-0.3, -0.25) is 0 Å². The first kappa shape index (κ1) is 40.5. The maximum atomic E-state index is 2.53. The first-order valence-corrected chi connectivity index (χ1v) is 29.9. The minimum absolute atomic E-state index is 1.16. The maximum Gasteiger partial charge on any atom is 0.117 e. The van der Waals surface area contributed by atoms with Gasteiger partial charge >= 0.3 is 0 Å². The van der Waals surface area contributed by atoms with Crippen molar-refractivity contribution in [2.75, 3.05) is 9.80 Å². The zero-order chi connectivity index (χ0) is 45.7. The standard InChI is InChI=1S/C64H50N2Si2/c1-67(2)59-26-14-10-22-55(59)65(56-23-11-15-27-60(56)67)49-37-39-52-53(41-49)63(46-33-30-45(31-34-46)43-18-6-5-7-19-43)51-38-36-50(42-54(51)64(52)48-35-32-44-20-8-9-21-47(44)40-48)66-57-24-12-16-28-61(57)68(3,4)62-29-17-13-25-58(62)66/h5-42H,1-4H3. The number of benzene rings is 11.